The molecule has 3 rings (SSSR count). The molecule has 1 aromatic rings. The maximum atomic E-state index is 12.2. The third-order valence-electron chi connectivity index (χ3n) is 3.51. The number of rotatable bonds is 4. The van der Waals surface area contributed by atoms with E-state index in [1.54, 1.807) is 17.8 Å². The van der Waals surface area contributed by atoms with E-state index in [2.05, 4.69) is 15.9 Å². The van der Waals surface area contributed by atoms with E-state index in [9.17, 15) is 14.7 Å². The maximum Gasteiger partial charge on any atom is 1.00 e. The van der Waals surface area contributed by atoms with Crippen LogP contribution in [-0.2, 0) is 9.59 Å². The summed E-state index contributed by atoms with van der Waals surface area (Å²) in [6.07, 6.45) is 5.51. The van der Waals surface area contributed by atoms with Crippen LogP contribution >= 0.6 is 51.7 Å². The van der Waals surface area contributed by atoms with Crippen LogP contribution in [0, 0.1) is 0 Å². The van der Waals surface area contributed by atoms with Gasteiger partial charge < -0.3 is 19.2 Å². The van der Waals surface area contributed by atoms with Crippen molar-refractivity contribution in [3.8, 4) is 0 Å². The number of amides is 1. The number of thioether (sulfide) groups is 2. The molecule has 0 atom stereocenters. The van der Waals surface area contributed by atoms with E-state index >= 15 is 0 Å². The van der Waals surface area contributed by atoms with Crippen LogP contribution in [0.25, 0.3) is 0 Å². The van der Waals surface area contributed by atoms with Crippen LogP contribution in [0.2, 0.25) is 0 Å². The summed E-state index contributed by atoms with van der Waals surface area (Å²) in [6.45, 7) is 1.33. The zero-order valence-electron chi connectivity index (χ0n) is 14.6. The van der Waals surface area contributed by atoms with E-state index in [1.165, 1.54) is 0 Å². The van der Waals surface area contributed by atoms with Crippen molar-refractivity contribution in [2.75, 3.05) is 18.5 Å². The largest absolute Gasteiger partial charge is 1.00 e. The fourth-order valence-corrected chi connectivity index (χ4v) is 5.15. The van der Waals surface area contributed by atoms with Gasteiger partial charge in [0.15, 0.2) is 4.67 Å². The Kier molecular flexibility index (Phi) is 8.47. The monoisotopic (exact) mass is 510 g/mol. The zero-order valence-corrected chi connectivity index (χ0v) is 21.8. The second kappa shape index (κ2) is 9.77. The van der Waals surface area contributed by atoms with Crippen LogP contribution in [-0.4, -0.2) is 34.7 Å². The number of carbonyl (C=O) groups excluding carboxylic acids is 2. The molecule has 1 fully saturated rings. The number of thiocarbonyl (C=S) groups is 1. The van der Waals surface area contributed by atoms with Crippen LogP contribution in [0.3, 0.4) is 0 Å². The van der Waals surface area contributed by atoms with Crippen molar-refractivity contribution in [2.45, 2.75) is 11.8 Å². The van der Waals surface area contributed by atoms with Crippen LogP contribution in [0.4, 0.5) is 5.88 Å². The van der Waals surface area contributed by atoms with Gasteiger partial charge in [-0.05, 0) is 40.6 Å². The van der Waals surface area contributed by atoms with Crippen molar-refractivity contribution in [3.05, 3.63) is 44.5 Å². The van der Waals surface area contributed by atoms with Gasteiger partial charge >= 0.3 is 51.4 Å². The molecule has 11 heteroatoms. The molecule has 0 N–H and O–H groups in total. The Balaban J connectivity index is 0.00000261. The van der Waals surface area contributed by atoms with Gasteiger partial charge in [-0.2, -0.15) is 0 Å². The van der Waals surface area contributed by atoms with Crippen LogP contribution in [0.5, 0.6) is 0 Å². The maximum absolute atomic E-state index is 12.2. The topological polar surface area (TPSA) is 76.8 Å². The number of furan rings is 1. The molecule has 2 aliphatic rings. The number of halogens is 1. The Labute approximate surface area is 221 Å². The molecule has 0 bridgehead atoms. The minimum absolute atomic E-state index is 0. The minimum atomic E-state index is -1.34. The summed E-state index contributed by atoms with van der Waals surface area (Å²) in [7, 11) is 1.91. The fraction of sp³-hybridized carbons (Fsp3) is 0.188. The number of carbonyl (C=O) groups is 2. The molecular weight excluding hydrogens is 499 g/mol. The number of fused-ring (bicyclic) bond motifs is 1. The number of carboxylic acids is 1. The molecule has 27 heavy (non-hydrogen) atoms. The second-order valence-electron chi connectivity index (χ2n) is 5.44. The first-order valence-corrected chi connectivity index (χ1v) is 10.1. The molecule has 136 valence electrons. The van der Waals surface area contributed by atoms with Crippen molar-refractivity contribution in [1.29, 1.82) is 0 Å². The van der Waals surface area contributed by atoms with Crippen molar-refractivity contribution in [2.24, 2.45) is 0 Å². The van der Waals surface area contributed by atoms with E-state index in [1.807, 2.05) is 37.1 Å². The first-order valence-electron chi connectivity index (χ1n) is 7.31. The number of aliphatic carboxylic acids is 1. The first-order chi connectivity index (χ1) is 12.3. The molecule has 0 saturated carbocycles. The first kappa shape index (κ1) is 23.4. The predicted octanol–water partition coefficient (Wildman–Crippen LogP) is -0.130. The third-order valence-corrected chi connectivity index (χ3v) is 6.41. The smallest absolute Gasteiger partial charge is 0.548 e. The van der Waals surface area contributed by atoms with Gasteiger partial charge in [-0.15, -0.1) is 0 Å². The molecule has 1 aromatic heterocycles. The van der Waals surface area contributed by atoms with E-state index < -0.39 is 18.4 Å². The molecule has 0 spiro atoms. The molecular formula is C16H12BrKN2O4S3. The number of allylic oxidation sites excluding steroid dienone is 4. The van der Waals surface area contributed by atoms with Crippen molar-refractivity contribution < 1.29 is 70.5 Å². The molecule has 0 aromatic carbocycles. The Morgan fingerprint density at radius 2 is 2.15 bits per heavy atom. The number of carboxylic acid groups (broad SMARTS) is 1. The molecule has 1 saturated heterocycles. The van der Waals surface area contributed by atoms with Gasteiger partial charge in [0.1, 0.15) is 4.32 Å². The van der Waals surface area contributed by atoms with Gasteiger partial charge in [0.2, 0.25) is 5.88 Å². The SMILES string of the molecule is CC(=CC=C1Sc2cc(Br)oc2N1C)C=C1SC(=S)N(CC(=O)[O-])C1=O.[K+]. The van der Waals surface area contributed by atoms with Crippen LogP contribution in [0.1, 0.15) is 6.92 Å². The number of hydrogen-bond acceptors (Lipinski definition) is 8. The molecule has 2 aliphatic heterocycles. The summed E-state index contributed by atoms with van der Waals surface area (Å²) in [4.78, 5) is 27.3. The van der Waals surface area contributed by atoms with Crippen LogP contribution in [0.15, 0.2) is 53.8 Å². The van der Waals surface area contributed by atoms with Gasteiger partial charge in [0.05, 0.1) is 27.3 Å². The van der Waals surface area contributed by atoms with Gasteiger partial charge in [-0.25, -0.2) is 0 Å². The summed E-state index contributed by atoms with van der Waals surface area (Å²) in [6, 6.07) is 1.91. The Morgan fingerprint density at radius 1 is 1.44 bits per heavy atom. The molecule has 6 nitrogen and oxygen atoms in total. The van der Waals surface area contributed by atoms with Gasteiger partial charge in [0, 0.05) is 13.1 Å². The average molecular weight is 511 g/mol. The predicted molar refractivity (Wildman–Crippen MR) is 108 cm³/mol. The number of nitrogens with zero attached hydrogens (tertiary/aromatic N) is 2. The summed E-state index contributed by atoms with van der Waals surface area (Å²) in [5.41, 5.74) is 0.838. The van der Waals surface area contributed by atoms with Crippen molar-refractivity contribution >= 4 is 73.8 Å². The Bertz CT molecular complexity index is 909. The summed E-state index contributed by atoms with van der Waals surface area (Å²) < 4.78 is 6.49. The minimum Gasteiger partial charge on any atom is -0.548 e. The quantitative estimate of drug-likeness (QED) is 0.315. The molecule has 0 aliphatic carbocycles. The van der Waals surface area contributed by atoms with E-state index in [0.29, 0.717) is 9.57 Å². The summed E-state index contributed by atoms with van der Waals surface area (Å²) in [5.74, 6) is -0.979. The molecule has 3 heterocycles. The average Bonchev–Trinajstić information content (AvgIpc) is 3.14. The molecule has 1 amide bonds. The Morgan fingerprint density at radius 3 is 2.78 bits per heavy atom. The third kappa shape index (κ3) is 5.40. The van der Waals surface area contributed by atoms with Gasteiger partial charge in [0.25, 0.3) is 5.91 Å². The van der Waals surface area contributed by atoms with Crippen LogP contribution < -0.4 is 61.4 Å². The molecule has 0 unspecified atom stereocenters. The van der Waals surface area contributed by atoms with Gasteiger partial charge in [-0.3, -0.25) is 9.69 Å². The van der Waals surface area contributed by atoms with Gasteiger partial charge in [-0.1, -0.05) is 41.8 Å². The number of hydrogen-bond donors (Lipinski definition) is 0. The number of anilines is 1. The van der Waals surface area contributed by atoms with E-state index in [4.69, 9.17) is 16.6 Å². The van der Waals surface area contributed by atoms with E-state index in [0.717, 1.165) is 38.0 Å². The van der Waals surface area contributed by atoms with Crippen molar-refractivity contribution in [3.63, 3.8) is 0 Å². The molecule has 0 radical (unpaired) electrons. The Hall–Kier alpha value is 0.146. The van der Waals surface area contributed by atoms with Crippen molar-refractivity contribution in [1.82, 2.24) is 4.90 Å². The fourth-order valence-electron chi connectivity index (χ4n) is 2.29. The second-order valence-corrected chi connectivity index (χ2v) is 8.96. The van der Waals surface area contributed by atoms with E-state index in [-0.39, 0.29) is 55.7 Å². The normalized spacial score (nSPS) is 19.9. The zero-order chi connectivity index (χ0) is 19.0. The summed E-state index contributed by atoms with van der Waals surface area (Å²) in [5, 5.41) is 11.7. The standard InChI is InChI=1S/C16H13BrN2O4S3.K/c1-8(5-9-14(22)19(7-13(20)21)16(24)26-9)3-4-12-18(2)15-10(25-12)6-11(17)23-15;/h3-6H,7H2,1-2H3,(H,20,21);/q;+1/p-1. The summed E-state index contributed by atoms with van der Waals surface area (Å²) >= 11 is 11.0.